The van der Waals surface area contributed by atoms with E-state index in [1.165, 1.54) is 60.1 Å². The van der Waals surface area contributed by atoms with Gasteiger partial charge in [0.2, 0.25) is 0 Å². The van der Waals surface area contributed by atoms with Crippen molar-refractivity contribution in [2.45, 2.75) is 29.1 Å². The molecular formula is C19H22N2S. The van der Waals surface area contributed by atoms with E-state index >= 15 is 0 Å². The summed E-state index contributed by atoms with van der Waals surface area (Å²) in [6.45, 7) is 4.92. The summed E-state index contributed by atoms with van der Waals surface area (Å²) in [7, 11) is 0. The Hall–Kier alpha value is -1.45. The molecular weight excluding hydrogens is 288 g/mol. The lowest BCUT2D eigenvalue weighted by atomic mass is 10.2. The van der Waals surface area contributed by atoms with Gasteiger partial charge in [-0.2, -0.15) is 0 Å². The van der Waals surface area contributed by atoms with Crippen LogP contribution >= 0.6 is 11.8 Å². The van der Waals surface area contributed by atoms with Crippen LogP contribution in [-0.2, 0) is 0 Å². The maximum absolute atomic E-state index is 2.61. The van der Waals surface area contributed by atoms with Crippen molar-refractivity contribution >= 4 is 23.1 Å². The minimum atomic E-state index is 1.10. The third-order valence-corrected chi connectivity index (χ3v) is 5.72. The van der Waals surface area contributed by atoms with Gasteiger partial charge in [0.25, 0.3) is 0 Å². The maximum Gasteiger partial charge on any atom is 0.0552 e. The quantitative estimate of drug-likeness (QED) is 0.803. The van der Waals surface area contributed by atoms with Gasteiger partial charge < -0.3 is 9.80 Å². The summed E-state index contributed by atoms with van der Waals surface area (Å²) in [6, 6.07) is 17.6. The zero-order valence-corrected chi connectivity index (χ0v) is 13.7. The Bertz CT molecular complexity index is 604. The molecule has 0 atom stereocenters. The summed E-state index contributed by atoms with van der Waals surface area (Å²) in [6.07, 6.45) is 3.99. The minimum absolute atomic E-state index is 1.10. The van der Waals surface area contributed by atoms with Crippen molar-refractivity contribution in [2.75, 3.05) is 31.1 Å². The molecule has 1 saturated heterocycles. The summed E-state index contributed by atoms with van der Waals surface area (Å²) in [5.74, 6) is 0. The molecule has 3 heteroatoms. The third kappa shape index (κ3) is 2.75. The largest absolute Gasteiger partial charge is 0.340 e. The van der Waals surface area contributed by atoms with Crippen LogP contribution in [-0.4, -0.2) is 31.1 Å². The van der Waals surface area contributed by atoms with E-state index in [0.717, 1.165) is 6.54 Å². The SMILES string of the molecule is c1ccc2c(c1)Sc1ccccc1N2CCCN1CCCC1. The number of fused-ring (bicyclic) bond motifs is 2. The zero-order chi connectivity index (χ0) is 14.8. The number of anilines is 2. The fourth-order valence-corrected chi connectivity index (χ4v) is 4.58. The maximum atomic E-state index is 2.61. The van der Waals surface area contributed by atoms with Crippen LogP contribution in [0.1, 0.15) is 19.3 Å². The summed E-state index contributed by atoms with van der Waals surface area (Å²) in [4.78, 5) is 7.87. The smallest absolute Gasteiger partial charge is 0.0552 e. The molecule has 0 amide bonds. The standard InChI is InChI=1S/C19H22N2S/c1-3-10-18-16(8-1)21(15-7-14-20-12-5-6-13-20)17-9-2-4-11-19(17)22-18/h1-4,8-11H,5-7,12-15H2. The fourth-order valence-electron chi connectivity index (χ4n) is 3.48. The van der Waals surface area contributed by atoms with Crippen LogP contribution in [0.3, 0.4) is 0 Å². The highest BCUT2D eigenvalue weighted by molar-refractivity contribution is 7.99. The van der Waals surface area contributed by atoms with E-state index in [2.05, 4.69) is 58.3 Å². The first-order valence-corrected chi connectivity index (χ1v) is 9.09. The van der Waals surface area contributed by atoms with Crippen molar-refractivity contribution in [3.8, 4) is 0 Å². The van der Waals surface area contributed by atoms with Crippen molar-refractivity contribution in [2.24, 2.45) is 0 Å². The molecule has 0 aromatic heterocycles. The Balaban J connectivity index is 1.54. The lowest BCUT2D eigenvalue weighted by Gasteiger charge is -2.33. The molecule has 2 heterocycles. The Morgan fingerprint density at radius 1 is 0.773 bits per heavy atom. The first-order chi connectivity index (χ1) is 10.9. The van der Waals surface area contributed by atoms with E-state index in [9.17, 15) is 0 Å². The number of hydrogen-bond acceptors (Lipinski definition) is 3. The molecule has 114 valence electrons. The van der Waals surface area contributed by atoms with Crippen LogP contribution in [0, 0.1) is 0 Å². The van der Waals surface area contributed by atoms with E-state index in [-0.39, 0.29) is 0 Å². The molecule has 0 bridgehead atoms. The van der Waals surface area contributed by atoms with Crippen LogP contribution in [0.15, 0.2) is 58.3 Å². The van der Waals surface area contributed by atoms with Crippen molar-refractivity contribution in [1.29, 1.82) is 0 Å². The predicted molar refractivity (Wildman–Crippen MR) is 94.3 cm³/mol. The molecule has 0 unspecified atom stereocenters. The van der Waals surface area contributed by atoms with Crippen molar-refractivity contribution in [1.82, 2.24) is 4.90 Å². The van der Waals surface area contributed by atoms with E-state index in [1.807, 2.05) is 11.8 Å². The van der Waals surface area contributed by atoms with Gasteiger partial charge in [0, 0.05) is 16.3 Å². The molecule has 2 aromatic carbocycles. The van der Waals surface area contributed by atoms with Gasteiger partial charge in [0.1, 0.15) is 0 Å². The van der Waals surface area contributed by atoms with Crippen molar-refractivity contribution < 1.29 is 0 Å². The fraction of sp³-hybridized carbons (Fsp3) is 0.368. The molecule has 0 spiro atoms. The number of para-hydroxylation sites is 2. The van der Waals surface area contributed by atoms with E-state index in [4.69, 9.17) is 0 Å². The van der Waals surface area contributed by atoms with Crippen molar-refractivity contribution in [3.05, 3.63) is 48.5 Å². The minimum Gasteiger partial charge on any atom is -0.340 e. The lowest BCUT2D eigenvalue weighted by molar-refractivity contribution is 0.335. The second-order valence-corrected chi connectivity index (χ2v) is 7.18. The van der Waals surface area contributed by atoms with Gasteiger partial charge in [-0.3, -0.25) is 0 Å². The molecule has 22 heavy (non-hydrogen) atoms. The second-order valence-electron chi connectivity index (χ2n) is 6.09. The van der Waals surface area contributed by atoms with Crippen LogP contribution in [0.4, 0.5) is 11.4 Å². The average molecular weight is 310 g/mol. The van der Waals surface area contributed by atoms with E-state index in [1.54, 1.807) is 0 Å². The van der Waals surface area contributed by atoms with Gasteiger partial charge in [-0.15, -0.1) is 0 Å². The Kier molecular flexibility index (Phi) is 4.09. The molecule has 4 rings (SSSR count). The summed E-state index contributed by atoms with van der Waals surface area (Å²) in [5.41, 5.74) is 2.74. The summed E-state index contributed by atoms with van der Waals surface area (Å²) in [5, 5.41) is 0. The molecule has 0 N–H and O–H groups in total. The molecule has 0 saturated carbocycles. The third-order valence-electron chi connectivity index (χ3n) is 4.59. The Morgan fingerprint density at radius 2 is 1.36 bits per heavy atom. The highest BCUT2D eigenvalue weighted by atomic mass is 32.2. The first kappa shape index (κ1) is 14.2. The van der Waals surface area contributed by atoms with Crippen LogP contribution in [0.2, 0.25) is 0 Å². The van der Waals surface area contributed by atoms with Gasteiger partial charge in [0.15, 0.2) is 0 Å². The summed E-state index contributed by atoms with van der Waals surface area (Å²) < 4.78 is 0. The number of benzene rings is 2. The lowest BCUT2D eigenvalue weighted by Crippen LogP contribution is -2.27. The van der Waals surface area contributed by atoms with Crippen LogP contribution in [0.5, 0.6) is 0 Å². The van der Waals surface area contributed by atoms with Gasteiger partial charge >= 0.3 is 0 Å². The molecule has 0 radical (unpaired) electrons. The number of hydrogen-bond donors (Lipinski definition) is 0. The average Bonchev–Trinajstić information content (AvgIpc) is 3.07. The van der Waals surface area contributed by atoms with Crippen molar-refractivity contribution in [3.63, 3.8) is 0 Å². The topological polar surface area (TPSA) is 6.48 Å². The van der Waals surface area contributed by atoms with E-state index in [0.29, 0.717) is 0 Å². The highest BCUT2D eigenvalue weighted by Crippen LogP contribution is 2.47. The van der Waals surface area contributed by atoms with Gasteiger partial charge in [0.05, 0.1) is 11.4 Å². The van der Waals surface area contributed by atoms with E-state index < -0.39 is 0 Å². The second kappa shape index (κ2) is 6.35. The van der Waals surface area contributed by atoms with Gasteiger partial charge in [-0.05, 0) is 63.2 Å². The summed E-state index contributed by atoms with van der Waals surface area (Å²) >= 11 is 1.89. The molecule has 0 aliphatic carbocycles. The van der Waals surface area contributed by atoms with Crippen LogP contribution in [0.25, 0.3) is 0 Å². The zero-order valence-electron chi connectivity index (χ0n) is 12.9. The molecule has 2 nitrogen and oxygen atoms in total. The first-order valence-electron chi connectivity index (χ1n) is 8.28. The monoisotopic (exact) mass is 310 g/mol. The molecule has 2 aliphatic heterocycles. The Morgan fingerprint density at radius 3 is 2.00 bits per heavy atom. The number of likely N-dealkylation sites (tertiary alicyclic amines) is 1. The Labute approximate surface area is 137 Å². The number of nitrogens with zero attached hydrogens (tertiary/aromatic N) is 2. The molecule has 2 aliphatic rings. The normalized spacial score (nSPS) is 17.4. The highest BCUT2D eigenvalue weighted by Gasteiger charge is 2.22. The predicted octanol–water partition coefficient (Wildman–Crippen LogP) is 4.78. The molecule has 2 aromatic rings. The van der Waals surface area contributed by atoms with Crippen LogP contribution < -0.4 is 4.90 Å². The molecule has 1 fully saturated rings. The number of rotatable bonds is 4. The van der Waals surface area contributed by atoms with Gasteiger partial charge in [-0.25, -0.2) is 0 Å². The van der Waals surface area contributed by atoms with Gasteiger partial charge in [-0.1, -0.05) is 36.0 Å².